The van der Waals surface area contributed by atoms with E-state index in [1.165, 1.54) is 0 Å². The van der Waals surface area contributed by atoms with Gasteiger partial charge in [-0.05, 0) is 26.7 Å². The van der Waals surface area contributed by atoms with E-state index in [-0.39, 0.29) is 5.91 Å². The van der Waals surface area contributed by atoms with Crippen LogP contribution in [0.2, 0.25) is 0 Å². The van der Waals surface area contributed by atoms with Crippen LogP contribution in [0.1, 0.15) is 41.6 Å². The molecule has 0 spiro atoms. The van der Waals surface area contributed by atoms with Gasteiger partial charge in [-0.1, -0.05) is 0 Å². The van der Waals surface area contributed by atoms with E-state index in [1.807, 2.05) is 18.7 Å². The Bertz CT molecular complexity index is 704. The third kappa shape index (κ3) is 2.32. The summed E-state index contributed by atoms with van der Waals surface area (Å²) in [6.45, 7) is 4.57. The highest BCUT2D eigenvalue weighted by molar-refractivity contribution is 5.94. The summed E-state index contributed by atoms with van der Waals surface area (Å²) >= 11 is 0. The van der Waals surface area contributed by atoms with Crippen molar-refractivity contribution < 1.29 is 4.79 Å². The fraction of sp³-hybridized carbons (Fsp3) is 0.467. The van der Waals surface area contributed by atoms with E-state index in [0.717, 1.165) is 18.5 Å². The van der Waals surface area contributed by atoms with Crippen molar-refractivity contribution in [2.24, 2.45) is 7.05 Å². The number of carbonyl (C=O) groups is 1. The van der Waals surface area contributed by atoms with Crippen molar-refractivity contribution >= 4 is 11.7 Å². The first-order valence-corrected chi connectivity index (χ1v) is 7.32. The van der Waals surface area contributed by atoms with Gasteiger partial charge in [0, 0.05) is 31.5 Å². The van der Waals surface area contributed by atoms with E-state index in [0.29, 0.717) is 23.8 Å². The molecule has 1 atom stereocenters. The predicted octanol–water partition coefficient (Wildman–Crippen LogP) is 1.25. The summed E-state index contributed by atoms with van der Waals surface area (Å²) in [6.07, 6.45) is 5.06. The summed E-state index contributed by atoms with van der Waals surface area (Å²) in [6, 6.07) is 1.73. The quantitative estimate of drug-likeness (QED) is 0.901. The molecular weight excluding hydrogens is 280 g/mol. The molecule has 0 aromatic carbocycles. The molecule has 0 radical (unpaired) electrons. The molecule has 1 aliphatic heterocycles. The number of anilines is 1. The van der Waals surface area contributed by atoms with E-state index >= 15 is 0 Å². The molecule has 7 heteroatoms. The standard InChI is InChI=1S/C15H20N6O/c1-10-7-12(16)19-14(18-10)15(2)5-4-6-21(15)13(22)11-8-17-20(3)9-11/h7-9H,4-6H2,1-3H3,(H2,16,18,19)/t15-/m1/s1. The number of aromatic nitrogens is 4. The van der Waals surface area contributed by atoms with E-state index in [4.69, 9.17) is 5.73 Å². The second kappa shape index (κ2) is 5.08. The Kier molecular flexibility index (Phi) is 3.35. The molecule has 1 fully saturated rings. The normalized spacial score (nSPS) is 21.3. The molecule has 1 aliphatic rings. The van der Waals surface area contributed by atoms with Crippen molar-refractivity contribution in [3.05, 3.63) is 35.5 Å². The van der Waals surface area contributed by atoms with Gasteiger partial charge < -0.3 is 10.6 Å². The summed E-state index contributed by atoms with van der Waals surface area (Å²) in [7, 11) is 1.80. The first kappa shape index (κ1) is 14.5. The number of likely N-dealkylation sites (tertiary alicyclic amines) is 1. The lowest BCUT2D eigenvalue weighted by molar-refractivity contribution is 0.0603. The van der Waals surface area contributed by atoms with Crippen LogP contribution in [0.5, 0.6) is 0 Å². The lowest BCUT2D eigenvalue weighted by Crippen LogP contribution is -2.44. The van der Waals surface area contributed by atoms with Gasteiger partial charge in [-0.3, -0.25) is 9.48 Å². The van der Waals surface area contributed by atoms with Gasteiger partial charge in [-0.25, -0.2) is 9.97 Å². The summed E-state index contributed by atoms with van der Waals surface area (Å²) < 4.78 is 1.63. The average molecular weight is 300 g/mol. The molecule has 7 nitrogen and oxygen atoms in total. The molecule has 116 valence electrons. The van der Waals surface area contributed by atoms with Crippen LogP contribution in [-0.4, -0.2) is 37.1 Å². The van der Waals surface area contributed by atoms with Gasteiger partial charge in [-0.2, -0.15) is 5.10 Å². The SMILES string of the molecule is Cc1cc(N)nc([C@@]2(C)CCCN2C(=O)c2cnn(C)c2)n1. The van der Waals surface area contributed by atoms with Gasteiger partial charge >= 0.3 is 0 Å². The summed E-state index contributed by atoms with van der Waals surface area (Å²) in [4.78, 5) is 23.5. The number of nitrogens with zero attached hydrogens (tertiary/aromatic N) is 5. The van der Waals surface area contributed by atoms with Crippen molar-refractivity contribution in [2.45, 2.75) is 32.2 Å². The number of rotatable bonds is 2. The maximum atomic E-state index is 12.8. The van der Waals surface area contributed by atoms with Gasteiger partial charge in [0.15, 0.2) is 5.82 Å². The highest BCUT2D eigenvalue weighted by Gasteiger charge is 2.44. The molecule has 2 aromatic rings. The Labute approximate surface area is 129 Å². The molecule has 0 aliphatic carbocycles. The maximum Gasteiger partial charge on any atom is 0.257 e. The van der Waals surface area contributed by atoms with Crippen molar-refractivity contribution in [3.8, 4) is 0 Å². The lowest BCUT2D eigenvalue weighted by atomic mass is 9.97. The monoisotopic (exact) mass is 300 g/mol. The largest absolute Gasteiger partial charge is 0.384 e. The Morgan fingerprint density at radius 2 is 2.18 bits per heavy atom. The summed E-state index contributed by atoms with van der Waals surface area (Å²) in [5.74, 6) is 1.00. The zero-order valence-corrected chi connectivity index (χ0v) is 13.1. The second-order valence-corrected chi connectivity index (χ2v) is 5.99. The molecule has 0 saturated carbocycles. The van der Waals surface area contributed by atoms with Gasteiger partial charge in [0.25, 0.3) is 5.91 Å². The Morgan fingerprint density at radius 1 is 1.41 bits per heavy atom. The minimum Gasteiger partial charge on any atom is -0.384 e. The number of carbonyl (C=O) groups excluding carboxylic acids is 1. The van der Waals surface area contributed by atoms with Crippen LogP contribution in [-0.2, 0) is 12.6 Å². The fourth-order valence-electron chi connectivity index (χ4n) is 3.04. The zero-order valence-electron chi connectivity index (χ0n) is 13.1. The zero-order chi connectivity index (χ0) is 15.9. The lowest BCUT2D eigenvalue weighted by Gasteiger charge is -2.33. The van der Waals surface area contributed by atoms with Gasteiger partial charge in [0.1, 0.15) is 11.4 Å². The number of hydrogen-bond donors (Lipinski definition) is 1. The van der Waals surface area contributed by atoms with Crippen molar-refractivity contribution in [1.29, 1.82) is 0 Å². The maximum absolute atomic E-state index is 12.8. The first-order chi connectivity index (χ1) is 10.4. The second-order valence-electron chi connectivity index (χ2n) is 5.99. The average Bonchev–Trinajstić information content (AvgIpc) is 3.04. The topological polar surface area (TPSA) is 89.9 Å². The van der Waals surface area contributed by atoms with Crippen molar-refractivity contribution in [2.75, 3.05) is 12.3 Å². The van der Waals surface area contributed by atoms with E-state index in [1.54, 1.807) is 30.2 Å². The molecule has 3 rings (SSSR count). The van der Waals surface area contributed by atoms with Crippen LogP contribution < -0.4 is 5.73 Å². The minimum absolute atomic E-state index is 0.0447. The molecule has 1 amide bonds. The molecule has 2 N–H and O–H groups in total. The van der Waals surface area contributed by atoms with Gasteiger partial charge in [0.05, 0.1) is 11.8 Å². The van der Waals surface area contributed by atoms with Crippen LogP contribution >= 0.6 is 0 Å². The minimum atomic E-state index is -0.535. The van der Waals surface area contributed by atoms with Gasteiger partial charge in [0.2, 0.25) is 0 Å². The number of nitrogen functional groups attached to an aromatic ring is 1. The van der Waals surface area contributed by atoms with Crippen molar-refractivity contribution in [1.82, 2.24) is 24.6 Å². The van der Waals surface area contributed by atoms with E-state index in [2.05, 4.69) is 15.1 Å². The third-order valence-corrected chi connectivity index (χ3v) is 4.19. The third-order valence-electron chi connectivity index (χ3n) is 4.19. The molecule has 22 heavy (non-hydrogen) atoms. The number of aryl methyl sites for hydroxylation is 2. The number of hydrogen-bond acceptors (Lipinski definition) is 5. The molecule has 0 unspecified atom stereocenters. The van der Waals surface area contributed by atoms with E-state index < -0.39 is 5.54 Å². The molecule has 0 bridgehead atoms. The highest BCUT2D eigenvalue weighted by atomic mass is 16.2. The predicted molar refractivity (Wildman–Crippen MR) is 82.0 cm³/mol. The Hall–Kier alpha value is -2.44. The molecular formula is C15H20N6O. The fourth-order valence-corrected chi connectivity index (χ4v) is 3.04. The Morgan fingerprint density at radius 3 is 2.82 bits per heavy atom. The van der Waals surface area contributed by atoms with Crippen molar-refractivity contribution in [3.63, 3.8) is 0 Å². The summed E-state index contributed by atoms with van der Waals surface area (Å²) in [5.41, 5.74) is 6.71. The molecule has 3 heterocycles. The van der Waals surface area contributed by atoms with Crippen LogP contribution in [0.4, 0.5) is 5.82 Å². The number of nitrogens with two attached hydrogens (primary N) is 1. The van der Waals surface area contributed by atoms with Crippen LogP contribution in [0, 0.1) is 6.92 Å². The van der Waals surface area contributed by atoms with Crippen LogP contribution in [0.25, 0.3) is 0 Å². The van der Waals surface area contributed by atoms with Crippen LogP contribution in [0.3, 0.4) is 0 Å². The smallest absolute Gasteiger partial charge is 0.257 e. The van der Waals surface area contributed by atoms with E-state index in [9.17, 15) is 4.79 Å². The number of amides is 1. The summed E-state index contributed by atoms with van der Waals surface area (Å²) in [5, 5.41) is 4.08. The first-order valence-electron chi connectivity index (χ1n) is 7.32. The Balaban J connectivity index is 1.99. The van der Waals surface area contributed by atoms with Gasteiger partial charge in [-0.15, -0.1) is 0 Å². The molecule has 1 saturated heterocycles. The molecule has 2 aromatic heterocycles. The highest BCUT2D eigenvalue weighted by Crippen LogP contribution is 2.38. The van der Waals surface area contributed by atoms with Crippen LogP contribution in [0.15, 0.2) is 18.5 Å².